The van der Waals surface area contributed by atoms with Crippen molar-refractivity contribution in [1.82, 2.24) is 9.55 Å². The molecule has 10 rings (SSSR count). The molecule has 66 heavy (non-hydrogen) atoms. The van der Waals surface area contributed by atoms with E-state index in [9.17, 15) is 0 Å². The molecule has 9 aromatic rings. The summed E-state index contributed by atoms with van der Waals surface area (Å²) in [5.74, 6) is 3.25. The van der Waals surface area contributed by atoms with Gasteiger partial charge in [0.1, 0.15) is 29.8 Å². The highest BCUT2D eigenvalue weighted by molar-refractivity contribution is 6.09. The third-order valence-electron chi connectivity index (χ3n) is 13.2. The SMILES string of the molecule is CC(C)c1cc(-c2cc(Oc3ccc4c5ccccc5n(-c5ccccn5)c4c3)cc(N3CN(c4c(C(C)C)cc(-c5ccccc5F)cc4C(C)C)c4ccccc43)c2)cc(C(C)C)c1. The van der Waals surface area contributed by atoms with Crippen LogP contribution in [0.5, 0.6) is 11.5 Å². The molecule has 0 saturated carbocycles. The van der Waals surface area contributed by atoms with Crippen LogP contribution in [0.15, 0.2) is 164 Å². The summed E-state index contributed by atoms with van der Waals surface area (Å²) in [5.41, 5.74) is 15.4. The fourth-order valence-electron chi connectivity index (χ4n) is 9.71. The Balaban J connectivity index is 1.13. The predicted molar refractivity (Wildman–Crippen MR) is 274 cm³/mol. The van der Waals surface area contributed by atoms with Crippen LogP contribution in [0.1, 0.15) is 101 Å². The highest BCUT2D eigenvalue weighted by Crippen LogP contribution is 2.50. The van der Waals surface area contributed by atoms with Crippen molar-refractivity contribution in [3.8, 4) is 39.6 Å². The van der Waals surface area contributed by atoms with Crippen molar-refractivity contribution in [2.24, 2.45) is 0 Å². The molecule has 7 aromatic carbocycles. The van der Waals surface area contributed by atoms with Crippen molar-refractivity contribution < 1.29 is 9.13 Å². The van der Waals surface area contributed by atoms with Gasteiger partial charge in [-0.2, -0.15) is 0 Å². The van der Waals surface area contributed by atoms with E-state index in [0.29, 0.717) is 24.1 Å². The molecule has 6 heteroatoms. The van der Waals surface area contributed by atoms with Crippen LogP contribution in [0, 0.1) is 5.82 Å². The van der Waals surface area contributed by atoms with Crippen LogP contribution in [0.3, 0.4) is 0 Å². The van der Waals surface area contributed by atoms with Crippen LogP contribution in [0.25, 0.3) is 49.9 Å². The Hall–Kier alpha value is -7.18. The number of rotatable bonds is 11. The molecule has 5 nitrogen and oxygen atoms in total. The minimum atomic E-state index is -0.208. The summed E-state index contributed by atoms with van der Waals surface area (Å²) in [6.45, 7) is 18.6. The number of benzene rings is 7. The first kappa shape index (κ1) is 42.8. The fourth-order valence-corrected chi connectivity index (χ4v) is 9.71. The molecule has 0 atom stereocenters. The number of pyridine rings is 1. The third-order valence-corrected chi connectivity index (χ3v) is 13.2. The molecule has 0 amide bonds. The van der Waals surface area contributed by atoms with Gasteiger partial charge in [-0.05, 0) is 135 Å². The molecule has 1 aliphatic rings. The summed E-state index contributed by atoms with van der Waals surface area (Å²) in [6, 6.07) is 54.9. The van der Waals surface area contributed by atoms with Crippen LogP contribution in [-0.4, -0.2) is 16.2 Å². The van der Waals surface area contributed by atoms with Crippen LogP contribution < -0.4 is 14.5 Å². The summed E-state index contributed by atoms with van der Waals surface area (Å²) < 4.78 is 24.7. The lowest BCUT2D eigenvalue weighted by Crippen LogP contribution is -2.26. The second kappa shape index (κ2) is 17.3. The lowest BCUT2D eigenvalue weighted by atomic mass is 9.87. The first-order valence-corrected chi connectivity index (χ1v) is 23.4. The van der Waals surface area contributed by atoms with Crippen LogP contribution in [-0.2, 0) is 0 Å². The summed E-state index contributed by atoms with van der Waals surface area (Å²) in [4.78, 5) is 9.66. The van der Waals surface area contributed by atoms with Crippen LogP contribution in [0.4, 0.5) is 27.1 Å². The Morgan fingerprint density at radius 3 is 1.79 bits per heavy atom. The van der Waals surface area contributed by atoms with Gasteiger partial charge in [-0.1, -0.05) is 128 Å². The maximum Gasteiger partial charge on any atom is 0.137 e. The van der Waals surface area contributed by atoms with E-state index >= 15 is 4.39 Å². The largest absolute Gasteiger partial charge is 0.457 e. The Labute approximate surface area is 388 Å². The van der Waals surface area contributed by atoms with Gasteiger partial charge in [0.15, 0.2) is 0 Å². The number of nitrogens with zero attached hydrogens (tertiary/aromatic N) is 4. The van der Waals surface area contributed by atoms with Crippen LogP contribution in [0.2, 0.25) is 0 Å². The smallest absolute Gasteiger partial charge is 0.137 e. The highest BCUT2D eigenvalue weighted by Gasteiger charge is 2.33. The average molecular weight is 869 g/mol. The standard InChI is InChI=1S/C60H57FN4O/c1-37(2)41-27-42(38(3)4)29-43(28-41)44-30-46(34-48(31-44)66-47-24-25-51-50-18-10-12-20-55(50)65(58(51)35-47)59-23-15-16-26-62-59)63-36-64(57-22-14-13-21-56(57)63)60-52(39(5)6)32-45(33-53(60)40(7)8)49-17-9-11-19-54(49)61/h9-35,37-40H,36H2,1-8H3. The van der Waals surface area contributed by atoms with Crippen molar-refractivity contribution in [3.63, 3.8) is 0 Å². The monoisotopic (exact) mass is 868 g/mol. The highest BCUT2D eigenvalue weighted by atomic mass is 19.1. The van der Waals surface area contributed by atoms with Gasteiger partial charge < -0.3 is 14.5 Å². The zero-order chi connectivity index (χ0) is 45.8. The quantitative estimate of drug-likeness (QED) is 0.130. The second-order valence-electron chi connectivity index (χ2n) is 19.0. The number of anilines is 4. The normalized spacial score (nSPS) is 12.7. The lowest BCUT2D eigenvalue weighted by molar-refractivity contribution is 0.483. The Morgan fingerprint density at radius 1 is 0.500 bits per heavy atom. The van der Waals surface area contributed by atoms with E-state index in [0.717, 1.165) is 61.9 Å². The van der Waals surface area contributed by atoms with Crippen molar-refractivity contribution >= 4 is 44.6 Å². The Morgan fingerprint density at radius 2 is 1.12 bits per heavy atom. The number of para-hydroxylation sites is 3. The number of ether oxygens (including phenoxy) is 1. The molecule has 330 valence electrons. The van der Waals surface area contributed by atoms with Gasteiger partial charge in [0.25, 0.3) is 0 Å². The third kappa shape index (κ3) is 7.78. The number of halogens is 1. The van der Waals surface area contributed by atoms with Gasteiger partial charge in [-0.3, -0.25) is 4.57 Å². The number of hydrogen-bond donors (Lipinski definition) is 0. The molecule has 1 aliphatic heterocycles. The van der Waals surface area contributed by atoms with Gasteiger partial charge in [0.2, 0.25) is 0 Å². The molecule has 0 unspecified atom stereocenters. The lowest BCUT2D eigenvalue weighted by Gasteiger charge is -2.30. The summed E-state index contributed by atoms with van der Waals surface area (Å²) in [6.07, 6.45) is 1.84. The van der Waals surface area contributed by atoms with Gasteiger partial charge in [0.05, 0.1) is 22.4 Å². The van der Waals surface area contributed by atoms with E-state index < -0.39 is 0 Å². The van der Waals surface area contributed by atoms with E-state index in [1.165, 1.54) is 38.9 Å². The first-order chi connectivity index (χ1) is 31.9. The molecule has 2 aromatic heterocycles. The van der Waals surface area contributed by atoms with E-state index in [1.807, 2.05) is 30.5 Å². The van der Waals surface area contributed by atoms with E-state index in [-0.39, 0.29) is 17.7 Å². The maximum absolute atomic E-state index is 15.4. The molecule has 0 fully saturated rings. The van der Waals surface area contributed by atoms with Gasteiger partial charge >= 0.3 is 0 Å². The zero-order valence-corrected chi connectivity index (χ0v) is 39.2. The van der Waals surface area contributed by atoms with Crippen molar-refractivity contribution in [3.05, 3.63) is 192 Å². The zero-order valence-electron chi connectivity index (χ0n) is 39.2. The topological polar surface area (TPSA) is 33.5 Å². The maximum atomic E-state index is 15.4. The van der Waals surface area contributed by atoms with Crippen LogP contribution >= 0.6 is 0 Å². The molecule has 0 radical (unpaired) electrons. The number of hydrogen-bond acceptors (Lipinski definition) is 4. The van der Waals surface area contributed by atoms with Crippen molar-refractivity contribution in [2.75, 3.05) is 16.5 Å². The van der Waals surface area contributed by atoms with Gasteiger partial charge in [-0.25, -0.2) is 9.37 Å². The molecular weight excluding hydrogens is 812 g/mol. The number of aromatic nitrogens is 2. The van der Waals surface area contributed by atoms with Crippen molar-refractivity contribution in [1.29, 1.82) is 0 Å². The van der Waals surface area contributed by atoms with E-state index in [1.54, 1.807) is 12.1 Å². The summed E-state index contributed by atoms with van der Waals surface area (Å²) in [5, 5.41) is 2.31. The minimum Gasteiger partial charge on any atom is -0.457 e. The number of fused-ring (bicyclic) bond motifs is 4. The molecule has 0 bridgehead atoms. The first-order valence-electron chi connectivity index (χ1n) is 23.4. The van der Waals surface area contributed by atoms with E-state index in [2.05, 4.69) is 191 Å². The molecule has 0 saturated heterocycles. The van der Waals surface area contributed by atoms with E-state index in [4.69, 9.17) is 9.72 Å². The molecule has 0 spiro atoms. The fraction of sp³-hybridized carbons (Fsp3) is 0.217. The van der Waals surface area contributed by atoms with Crippen molar-refractivity contribution in [2.45, 2.75) is 79.1 Å². The Bertz CT molecular complexity index is 3200. The average Bonchev–Trinajstić information content (AvgIpc) is 3.87. The Kier molecular flexibility index (Phi) is 11.2. The molecular formula is C60H57FN4O. The summed E-state index contributed by atoms with van der Waals surface area (Å²) in [7, 11) is 0. The van der Waals surface area contributed by atoms with Gasteiger partial charge in [-0.15, -0.1) is 0 Å². The molecule has 0 N–H and O–H groups in total. The summed E-state index contributed by atoms with van der Waals surface area (Å²) >= 11 is 0. The van der Waals surface area contributed by atoms with Gasteiger partial charge in [0, 0.05) is 46.0 Å². The predicted octanol–water partition coefficient (Wildman–Crippen LogP) is 17.2. The molecule has 0 aliphatic carbocycles. The second-order valence-corrected chi connectivity index (χ2v) is 19.0. The minimum absolute atomic E-state index is 0.186. The molecule has 3 heterocycles.